The number of carbonyl (C=O) groups excluding carboxylic acids is 1. The summed E-state index contributed by atoms with van der Waals surface area (Å²) in [6, 6.07) is 13.7. The molecule has 0 saturated carbocycles. The van der Waals surface area contributed by atoms with E-state index in [1.807, 2.05) is 45.4 Å². The summed E-state index contributed by atoms with van der Waals surface area (Å²) in [5.41, 5.74) is 4.87. The molecule has 14 heteroatoms. The molecule has 2 aromatic carbocycles. The van der Waals surface area contributed by atoms with E-state index in [2.05, 4.69) is 48.7 Å². The van der Waals surface area contributed by atoms with Crippen molar-refractivity contribution in [2.45, 2.75) is 18.7 Å². The molecule has 0 fully saturated rings. The number of carbonyl (C=O) groups is 1. The smallest absolute Gasteiger partial charge is 0.261 e. The highest BCUT2D eigenvalue weighted by Crippen LogP contribution is 2.37. The summed E-state index contributed by atoms with van der Waals surface area (Å²) in [6.07, 6.45) is 5.43. The quantitative estimate of drug-likeness (QED) is 0.103. The lowest BCUT2D eigenvalue weighted by Gasteiger charge is -2.19. The summed E-state index contributed by atoms with van der Waals surface area (Å²) in [5, 5.41) is 10.0. The largest absolute Gasteiger partial charge is 0.494 e. The summed E-state index contributed by atoms with van der Waals surface area (Å²) in [5.74, 6) is 0.688. The van der Waals surface area contributed by atoms with Gasteiger partial charge in [-0.2, -0.15) is 8.42 Å². The first-order valence-corrected chi connectivity index (χ1v) is 15.7. The lowest BCUT2D eigenvalue weighted by Crippen LogP contribution is -2.22. The summed E-state index contributed by atoms with van der Waals surface area (Å²) < 4.78 is 33.6. The number of aryl methyl sites for hydroxylation is 1. The molecular weight excluding hydrogens is 594 g/mol. The Morgan fingerprint density at radius 1 is 1.16 bits per heavy atom. The van der Waals surface area contributed by atoms with Crippen molar-refractivity contribution in [1.29, 1.82) is 0 Å². The maximum Gasteiger partial charge on any atom is 0.261 e. The van der Waals surface area contributed by atoms with Gasteiger partial charge in [0.1, 0.15) is 11.1 Å². The van der Waals surface area contributed by atoms with Gasteiger partial charge in [-0.05, 0) is 52.2 Å². The van der Waals surface area contributed by atoms with Crippen molar-refractivity contribution in [2.75, 3.05) is 56.5 Å². The number of nitrogens with one attached hydrogen (secondary N) is 3. The fraction of sp³-hybridized carbons (Fsp3) is 0.345. The van der Waals surface area contributed by atoms with Crippen molar-refractivity contribution in [3.8, 4) is 17.0 Å². The molecule has 0 aliphatic rings. The van der Waals surface area contributed by atoms with Crippen LogP contribution in [0.25, 0.3) is 22.2 Å². The monoisotopic (exact) mass is 631 g/mol. The number of ether oxygens (including phenoxy) is 1. The van der Waals surface area contributed by atoms with E-state index in [4.69, 9.17) is 25.9 Å². The Hall–Kier alpha value is -3.91. The SMILES string of the molecule is COc1cc(NCCCN(C)C)c(NC(=O)C(C)Cl)cc1Nc1nccc(-c2cn(C)c3ccccc23)n1.CS(=O)(=O)O. The highest BCUT2D eigenvalue weighted by molar-refractivity contribution is 7.85. The van der Waals surface area contributed by atoms with Crippen molar-refractivity contribution < 1.29 is 22.5 Å². The van der Waals surface area contributed by atoms with E-state index < -0.39 is 15.5 Å². The molecule has 12 nitrogen and oxygen atoms in total. The van der Waals surface area contributed by atoms with E-state index in [0.717, 1.165) is 47.4 Å². The van der Waals surface area contributed by atoms with Crippen LogP contribution >= 0.6 is 11.6 Å². The molecule has 0 aliphatic heterocycles. The zero-order chi connectivity index (χ0) is 31.7. The molecule has 43 heavy (non-hydrogen) atoms. The first kappa shape index (κ1) is 33.6. The second-order valence-corrected chi connectivity index (χ2v) is 12.2. The zero-order valence-corrected chi connectivity index (χ0v) is 26.6. The molecule has 0 radical (unpaired) electrons. The number of methoxy groups -OCH3 is 1. The molecule has 1 unspecified atom stereocenters. The van der Waals surface area contributed by atoms with Gasteiger partial charge in [-0.15, -0.1) is 11.6 Å². The number of hydrogen-bond donors (Lipinski definition) is 4. The van der Waals surface area contributed by atoms with Crippen LogP contribution in [0.5, 0.6) is 5.75 Å². The van der Waals surface area contributed by atoms with E-state index in [0.29, 0.717) is 29.3 Å². The highest BCUT2D eigenvalue weighted by atomic mass is 35.5. The van der Waals surface area contributed by atoms with Crippen molar-refractivity contribution in [2.24, 2.45) is 7.05 Å². The number of aromatic nitrogens is 3. The van der Waals surface area contributed by atoms with Gasteiger partial charge in [0.2, 0.25) is 11.9 Å². The Kier molecular flexibility index (Phi) is 11.7. The van der Waals surface area contributed by atoms with Gasteiger partial charge in [-0.1, -0.05) is 18.2 Å². The third kappa shape index (κ3) is 10.1. The van der Waals surface area contributed by atoms with Gasteiger partial charge in [0.05, 0.1) is 36.1 Å². The van der Waals surface area contributed by atoms with E-state index in [9.17, 15) is 13.2 Å². The van der Waals surface area contributed by atoms with Crippen LogP contribution in [0.1, 0.15) is 13.3 Å². The Labute approximate surface area is 257 Å². The number of anilines is 4. The van der Waals surface area contributed by atoms with Gasteiger partial charge in [0.25, 0.3) is 10.1 Å². The number of rotatable bonds is 11. The van der Waals surface area contributed by atoms with Crippen LogP contribution in [0.15, 0.2) is 54.9 Å². The number of fused-ring (bicyclic) bond motifs is 1. The van der Waals surface area contributed by atoms with Crippen molar-refractivity contribution >= 4 is 61.5 Å². The number of nitrogens with zero attached hydrogens (tertiary/aromatic N) is 4. The Morgan fingerprint density at radius 2 is 1.86 bits per heavy atom. The second kappa shape index (κ2) is 15.0. The van der Waals surface area contributed by atoms with Crippen LogP contribution in [0.4, 0.5) is 23.0 Å². The van der Waals surface area contributed by atoms with E-state index in [1.165, 1.54) is 0 Å². The highest BCUT2D eigenvalue weighted by Gasteiger charge is 2.17. The zero-order valence-electron chi connectivity index (χ0n) is 25.1. The predicted molar refractivity (Wildman–Crippen MR) is 173 cm³/mol. The van der Waals surface area contributed by atoms with Crippen molar-refractivity contribution in [3.63, 3.8) is 0 Å². The standard InChI is InChI=1S/C28H34ClN7O2.CH4O3S/c1-18(29)27(37)32-23-15-24(26(38-5)16-22(23)30-12-8-14-35(2)3)34-28-31-13-11-21(33-28)20-17-36(4)25-10-7-6-9-19(20)25;1-5(2,3)4/h6-7,9-11,13,15-18,30H,8,12,14H2,1-5H3,(H,32,37)(H,31,33,34);1H3,(H,2,3,4). The average molecular weight is 632 g/mol. The van der Waals surface area contributed by atoms with Gasteiger partial charge in [0, 0.05) is 48.5 Å². The molecule has 0 bridgehead atoms. The van der Waals surface area contributed by atoms with Crippen molar-refractivity contribution in [3.05, 3.63) is 54.9 Å². The minimum Gasteiger partial charge on any atom is -0.494 e. The fourth-order valence-corrected chi connectivity index (χ4v) is 4.24. The number of alkyl halides is 1. The maximum atomic E-state index is 12.5. The topological polar surface area (TPSA) is 151 Å². The first-order valence-electron chi connectivity index (χ1n) is 13.4. The number of para-hydroxylation sites is 1. The molecule has 4 aromatic rings. The molecule has 1 amide bonds. The molecule has 0 aliphatic carbocycles. The molecule has 2 aromatic heterocycles. The molecular formula is C29H38ClN7O5S. The molecule has 2 heterocycles. The van der Waals surface area contributed by atoms with Crippen LogP contribution in [-0.4, -0.2) is 84.2 Å². The van der Waals surface area contributed by atoms with E-state index in [-0.39, 0.29) is 5.91 Å². The third-order valence-electron chi connectivity index (χ3n) is 6.13. The second-order valence-electron chi connectivity index (χ2n) is 10.1. The van der Waals surface area contributed by atoms with Crippen LogP contribution in [-0.2, 0) is 22.0 Å². The maximum absolute atomic E-state index is 12.5. The summed E-state index contributed by atoms with van der Waals surface area (Å²) >= 11 is 6.04. The van der Waals surface area contributed by atoms with Gasteiger partial charge >= 0.3 is 0 Å². The lowest BCUT2D eigenvalue weighted by atomic mass is 10.1. The lowest BCUT2D eigenvalue weighted by molar-refractivity contribution is -0.115. The van der Waals surface area contributed by atoms with Gasteiger partial charge in [-0.3, -0.25) is 9.35 Å². The average Bonchev–Trinajstić information content (AvgIpc) is 3.27. The number of benzene rings is 2. The molecule has 0 spiro atoms. The molecule has 232 valence electrons. The molecule has 4 rings (SSSR count). The minimum atomic E-state index is -3.67. The summed E-state index contributed by atoms with van der Waals surface area (Å²) in [4.78, 5) is 23.8. The number of halogens is 1. The van der Waals surface area contributed by atoms with Crippen molar-refractivity contribution in [1.82, 2.24) is 19.4 Å². The van der Waals surface area contributed by atoms with Crippen LogP contribution in [0, 0.1) is 0 Å². The minimum absolute atomic E-state index is 0.298. The number of hydrogen-bond acceptors (Lipinski definition) is 9. The predicted octanol–water partition coefficient (Wildman–Crippen LogP) is 4.82. The normalized spacial score (nSPS) is 11.9. The number of amides is 1. The Bertz CT molecular complexity index is 1650. The van der Waals surface area contributed by atoms with Crippen LogP contribution in [0.2, 0.25) is 0 Å². The van der Waals surface area contributed by atoms with Crippen LogP contribution < -0.4 is 20.7 Å². The molecule has 0 saturated heterocycles. The van der Waals surface area contributed by atoms with E-state index in [1.54, 1.807) is 26.3 Å². The third-order valence-corrected chi connectivity index (χ3v) is 6.33. The Balaban J connectivity index is 0.000000934. The van der Waals surface area contributed by atoms with Gasteiger partial charge in [0.15, 0.2) is 0 Å². The summed E-state index contributed by atoms with van der Waals surface area (Å²) in [6.45, 7) is 3.30. The first-order chi connectivity index (χ1) is 20.3. The van der Waals surface area contributed by atoms with Gasteiger partial charge in [-0.25, -0.2) is 9.97 Å². The van der Waals surface area contributed by atoms with Crippen LogP contribution in [0.3, 0.4) is 0 Å². The van der Waals surface area contributed by atoms with E-state index >= 15 is 0 Å². The van der Waals surface area contributed by atoms with Gasteiger partial charge < -0.3 is 30.2 Å². The summed E-state index contributed by atoms with van der Waals surface area (Å²) in [7, 11) is 4.02. The fourth-order valence-electron chi connectivity index (χ4n) is 4.18. The Morgan fingerprint density at radius 3 is 2.51 bits per heavy atom. The molecule has 1 atom stereocenters. The molecule has 4 N–H and O–H groups in total.